The highest BCUT2D eigenvalue weighted by Crippen LogP contribution is 2.42. The van der Waals surface area contributed by atoms with Crippen molar-refractivity contribution in [1.82, 2.24) is 19.6 Å². The van der Waals surface area contributed by atoms with E-state index in [1.54, 1.807) is 30.1 Å². The molecule has 1 aliphatic rings. The maximum absolute atomic E-state index is 6.33. The lowest BCUT2D eigenvalue weighted by Crippen LogP contribution is -2.32. The Labute approximate surface area is 239 Å². The fourth-order valence-corrected chi connectivity index (χ4v) is 7.29. The van der Waals surface area contributed by atoms with Crippen LogP contribution in [0.1, 0.15) is 22.7 Å². The van der Waals surface area contributed by atoms with Crippen molar-refractivity contribution < 1.29 is 23.4 Å². The van der Waals surface area contributed by atoms with Crippen molar-refractivity contribution in [2.24, 2.45) is 0 Å². The summed E-state index contributed by atoms with van der Waals surface area (Å²) >= 11 is 3.02. The summed E-state index contributed by atoms with van der Waals surface area (Å²) in [5, 5.41) is 10.0. The van der Waals surface area contributed by atoms with E-state index in [2.05, 4.69) is 49.0 Å². The molecule has 2 unspecified atom stereocenters. The lowest BCUT2D eigenvalue weighted by atomic mass is 9.80. The molecule has 2 aromatic carbocycles. The van der Waals surface area contributed by atoms with Crippen molar-refractivity contribution in [2.45, 2.75) is 18.4 Å². The van der Waals surface area contributed by atoms with Crippen LogP contribution in [0.4, 0.5) is 0 Å². The summed E-state index contributed by atoms with van der Waals surface area (Å²) in [5.74, 6) is 1.90. The van der Waals surface area contributed by atoms with Gasteiger partial charge in [0.25, 0.3) is 5.19 Å². The second-order valence-electron chi connectivity index (χ2n) is 9.48. The van der Waals surface area contributed by atoms with Gasteiger partial charge in [-0.15, -0.1) is 25.7 Å². The third-order valence-corrected chi connectivity index (χ3v) is 9.58. The first-order chi connectivity index (χ1) is 19.6. The molecular formula is C28H25N4O5PS2. The summed E-state index contributed by atoms with van der Waals surface area (Å²) in [6, 6.07) is 14.1. The van der Waals surface area contributed by atoms with Gasteiger partial charge in [-0.25, -0.2) is 14.5 Å². The number of thiazole rings is 1. The van der Waals surface area contributed by atoms with Gasteiger partial charge >= 0.3 is 0 Å². The van der Waals surface area contributed by atoms with Gasteiger partial charge in [0.1, 0.15) is 34.4 Å². The molecule has 0 aliphatic carbocycles. The quantitative estimate of drug-likeness (QED) is 0.215. The van der Waals surface area contributed by atoms with Gasteiger partial charge in [0.2, 0.25) is 4.96 Å². The van der Waals surface area contributed by atoms with Gasteiger partial charge in [0, 0.05) is 24.1 Å². The largest absolute Gasteiger partial charge is 0.496 e. The summed E-state index contributed by atoms with van der Waals surface area (Å²) < 4.78 is 30.8. The summed E-state index contributed by atoms with van der Waals surface area (Å²) in [4.78, 5) is 10.4. The van der Waals surface area contributed by atoms with E-state index < -0.39 is 0 Å². The molecule has 9 nitrogen and oxygen atoms in total. The minimum absolute atomic E-state index is 0.249. The van der Waals surface area contributed by atoms with Crippen LogP contribution >= 0.6 is 31.9 Å². The monoisotopic (exact) mass is 592 g/mol. The summed E-state index contributed by atoms with van der Waals surface area (Å²) in [5.41, 5.74) is 3.17. The Morgan fingerprint density at radius 1 is 1.12 bits per heavy atom. The third kappa shape index (κ3) is 4.34. The Hall–Kier alpha value is -3.50. The smallest absolute Gasteiger partial charge is 0.294 e. The molecule has 4 aromatic heterocycles. The normalized spacial score (nSPS) is 17.2. The molecule has 0 N–H and O–H groups in total. The molecule has 0 saturated carbocycles. The number of benzene rings is 2. The molecule has 5 heterocycles. The number of ether oxygens (including phenoxy) is 4. The van der Waals surface area contributed by atoms with E-state index in [4.69, 9.17) is 28.3 Å². The third-order valence-electron chi connectivity index (χ3n) is 7.10. The van der Waals surface area contributed by atoms with Crippen LogP contribution in [0.5, 0.6) is 16.7 Å². The van der Waals surface area contributed by atoms with E-state index >= 15 is 0 Å². The second kappa shape index (κ2) is 10.2. The molecule has 12 heteroatoms. The van der Waals surface area contributed by atoms with Gasteiger partial charge in [0.15, 0.2) is 5.76 Å². The number of fused-ring (bicyclic) bond motifs is 2. The first kappa shape index (κ1) is 25.5. The van der Waals surface area contributed by atoms with Crippen molar-refractivity contribution in [3.05, 3.63) is 70.3 Å². The van der Waals surface area contributed by atoms with Crippen LogP contribution in [0.25, 0.3) is 27.4 Å². The number of imidazole rings is 1. The number of methoxy groups -OCH3 is 2. The molecule has 204 valence electrons. The number of furan rings is 1. The SMILES string of the molecule is COc1cc(OCc2csc(C3(c4ccccc4P)CCOC3)n2)c2cc(-c3cn4nc(OC)sc4n3)oc2c1. The van der Waals surface area contributed by atoms with E-state index in [-0.39, 0.29) is 5.41 Å². The van der Waals surface area contributed by atoms with E-state index in [1.165, 1.54) is 22.2 Å². The van der Waals surface area contributed by atoms with Crippen LogP contribution in [0.3, 0.4) is 0 Å². The maximum atomic E-state index is 6.33. The number of aromatic nitrogens is 4. The van der Waals surface area contributed by atoms with Crippen LogP contribution in [0, 0.1) is 0 Å². The van der Waals surface area contributed by atoms with Gasteiger partial charge in [-0.2, -0.15) is 0 Å². The van der Waals surface area contributed by atoms with Crippen LogP contribution in [0.2, 0.25) is 0 Å². The van der Waals surface area contributed by atoms with Gasteiger partial charge in [-0.1, -0.05) is 24.3 Å². The van der Waals surface area contributed by atoms with Gasteiger partial charge in [-0.05, 0) is 34.7 Å². The Kier molecular flexibility index (Phi) is 6.47. The molecule has 2 atom stereocenters. The lowest BCUT2D eigenvalue weighted by molar-refractivity contribution is 0.184. The summed E-state index contributed by atoms with van der Waals surface area (Å²) in [6.07, 6.45) is 2.71. The van der Waals surface area contributed by atoms with Crippen molar-refractivity contribution in [3.63, 3.8) is 0 Å². The zero-order valence-corrected chi connectivity index (χ0v) is 24.5. The molecule has 0 spiro atoms. The highest BCUT2D eigenvalue weighted by atomic mass is 32.1. The van der Waals surface area contributed by atoms with Crippen LogP contribution < -0.4 is 19.5 Å². The van der Waals surface area contributed by atoms with Gasteiger partial charge in [0.05, 0.1) is 43.5 Å². The Balaban J connectivity index is 1.18. The van der Waals surface area contributed by atoms with E-state index in [0.29, 0.717) is 53.6 Å². The number of hydrogen-bond donors (Lipinski definition) is 0. The van der Waals surface area contributed by atoms with Crippen LogP contribution in [0.15, 0.2) is 58.5 Å². The number of rotatable bonds is 8. The molecule has 6 aromatic rings. The van der Waals surface area contributed by atoms with Gasteiger partial charge < -0.3 is 23.4 Å². The van der Waals surface area contributed by atoms with Crippen LogP contribution in [-0.2, 0) is 16.8 Å². The minimum atomic E-state index is -0.249. The zero-order chi connectivity index (χ0) is 27.3. The lowest BCUT2D eigenvalue weighted by Gasteiger charge is -2.27. The van der Waals surface area contributed by atoms with Crippen LogP contribution in [-0.4, -0.2) is 47.0 Å². The van der Waals surface area contributed by atoms with Crippen molar-refractivity contribution in [2.75, 3.05) is 27.4 Å². The molecule has 1 saturated heterocycles. The van der Waals surface area contributed by atoms with Crippen molar-refractivity contribution >= 4 is 53.1 Å². The molecule has 0 radical (unpaired) electrons. The average molecular weight is 593 g/mol. The highest BCUT2D eigenvalue weighted by Gasteiger charge is 2.42. The van der Waals surface area contributed by atoms with E-state index in [1.807, 2.05) is 24.4 Å². The zero-order valence-electron chi connectivity index (χ0n) is 21.7. The van der Waals surface area contributed by atoms with Crippen molar-refractivity contribution in [1.29, 1.82) is 0 Å². The summed E-state index contributed by atoms with van der Waals surface area (Å²) in [7, 11) is 6.07. The Morgan fingerprint density at radius 3 is 2.80 bits per heavy atom. The molecule has 7 rings (SSSR count). The highest BCUT2D eigenvalue weighted by molar-refractivity contribution is 7.27. The predicted molar refractivity (Wildman–Crippen MR) is 158 cm³/mol. The predicted octanol–water partition coefficient (Wildman–Crippen LogP) is 5.46. The molecule has 0 amide bonds. The van der Waals surface area contributed by atoms with E-state index in [0.717, 1.165) is 27.5 Å². The summed E-state index contributed by atoms with van der Waals surface area (Å²) in [6.45, 7) is 1.64. The van der Waals surface area contributed by atoms with Gasteiger partial charge in [-0.3, -0.25) is 0 Å². The first-order valence-electron chi connectivity index (χ1n) is 12.6. The molecule has 1 aliphatic heterocycles. The number of nitrogens with zero attached hydrogens (tertiary/aromatic N) is 4. The van der Waals surface area contributed by atoms with Crippen molar-refractivity contribution in [3.8, 4) is 28.1 Å². The minimum Gasteiger partial charge on any atom is -0.496 e. The number of hydrogen-bond acceptors (Lipinski definition) is 10. The Morgan fingerprint density at radius 2 is 2.02 bits per heavy atom. The molecule has 0 bridgehead atoms. The standard InChI is InChI=1S/C28H25N4O5PS2/c1-33-17-9-21(18-11-23(37-22(18)10-17)20-12-32-26(30-20)40-27(31-32)34-2)36-13-16-14-39-25(29-16)28(7-8-35-15-28)19-5-3-4-6-24(19)38/h3-6,9-12,14H,7-8,13,15,38H2,1-2H3. The Bertz CT molecular complexity index is 1800. The second-order valence-corrected chi connectivity index (χ2v) is 11.9. The van der Waals surface area contributed by atoms with E-state index in [9.17, 15) is 0 Å². The fourth-order valence-electron chi connectivity index (χ4n) is 5.07. The maximum Gasteiger partial charge on any atom is 0.294 e. The molecule has 1 fully saturated rings. The molecule has 40 heavy (non-hydrogen) atoms. The molecular weight excluding hydrogens is 567 g/mol. The topological polar surface area (TPSA) is 93.1 Å². The first-order valence-corrected chi connectivity index (χ1v) is 14.9. The fraction of sp³-hybridized carbons (Fsp3) is 0.250. The average Bonchev–Trinajstić information content (AvgIpc) is 3.79.